The van der Waals surface area contributed by atoms with Crippen molar-refractivity contribution in [3.05, 3.63) is 46.0 Å². The van der Waals surface area contributed by atoms with Crippen molar-refractivity contribution in [2.75, 3.05) is 0 Å². The number of halogens is 2. The Balaban J connectivity index is 1.94. The molecule has 1 aliphatic carbocycles. The van der Waals surface area contributed by atoms with Crippen LogP contribution in [0, 0.1) is 11.7 Å². The van der Waals surface area contributed by atoms with E-state index in [0.717, 1.165) is 9.75 Å². The predicted octanol–water partition coefficient (Wildman–Crippen LogP) is 4.62. The van der Waals surface area contributed by atoms with Gasteiger partial charge in [0.1, 0.15) is 5.82 Å². The van der Waals surface area contributed by atoms with Crippen LogP contribution in [0.15, 0.2) is 30.3 Å². The maximum atomic E-state index is 13.8. The molecule has 1 unspecified atom stereocenters. The van der Waals surface area contributed by atoms with Gasteiger partial charge < -0.3 is 5.73 Å². The fourth-order valence-electron chi connectivity index (χ4n) is 2.05. The van der Waals surface area contributed by atoms with E-state index >= 15 is 0 Å². The third-order valence-corrected chi connectivity index (χ3v) is 4.73. The quantitative estimate of drug-likeness (QED) is 0.873. The summed E-state index contributed by atoms with van der Waals surface area (Å²) in [4.78, 5) is 2.02. The third kappa shape index (κ3) is 2.30. The van der Waals surface area contributed by atoms with Crippen LogP contribution in [0.25, 0.3) is 10.4 Å². The van der Waals surface area contributed by atoms with Crippen LogP contribution in [0.2, 0.25) is 5.02 Å². The standard InChI is InChI=1S/C14H13ClFNS/c15-9-3-4-11(16)10(7-9)12-5-6-13(18-12)14(17)8-1-2-8/h3-8,14H,1-2,17H2. The summed E-state index contributed by atoms with van der Waals surface area (Å²) in [5.41, 5.74) is 6.71. The molecule has 4 heteroatoms. The molecule has 0 saturated heterocycles. The molecule has 0 spiro atoms. The maximum Gasteiger partial charge on any atom is 0.131 e. The molecule has 1 heterocycles. The summed E-state index contributed by atoms with van der Waals surface area (Å²) >= 11 is 7.47. The predicted molar refractivity (Wildman–Crippen MR) is 74.4 cm³/mol. The average molecular weight is 282 g/mol. The van der Waals surface area contributed by atoms with Crippen molar-refractivity contribution in [1.82, 2.24) is 0 Å². The number of hydrogen-bond acceptors (Lipinski definition) is 2. The molecule has 0 aliphatic heterocycles. The van der Waals surface area contributed by atoms with E-state index in [1.165, 1.54) is 18.9 Å². The molecule has 1 aliphatic rings. The van der Waals surface area contributed by atoms with Gasteiger partial charge in [-0.15, -0.1) is 11.3 Å². The highest BCUT2D eigenvalue weighted by molar-refractivity contribution is 7.15. The number of thiophene rings is 1. The fourth-order valence-corrected chi connectivity index (χ4v) is 3.34. The maximum absolute atomic E-state index is 13.8. The zero-order valence-electron chi connectivity index (χ0n) is 9.70. The molecule has 1 fully saturated rings. The molecule has 0 amide bonds. The van der Waals surface area contributed by atoms with Crippen molar-refractivity contribution < 1.29 is 4.39 Å². The lowest BCUT2D eigenvalue weighted by Gasteiger charge is -2.06. The number of rotatable bonds is 3. The minimum absolute atomic E-state index is 0.103. The van der Waals surface area contributed by atoms with Gasteiger partial charge in [-0.25, -0.2) is 4.39 Å². The highest BCUT2D eigenvalue weighted by Gasteiger charge is 2.30. The molecule has 1 saturated carbocycles. The molecule has 0 bridgehead atoms. The van der Waals surface area contributed by atoms with Crippen LogP contribution in [-0.4, -0.2) is 0 Å². The Morgan fingerprint density at radius 2 is 2.06 bits per heavy atom. The summed E-state index contributed by atoms with van der Waals surface area (Å²) in [5.74, 6) is 0.369. The first-order chi connectivity index (χ1) is 8.65. The number of hydrogen-bond donors (Lipinski definition) is 1. The van der Waals surface area contributed by atoms with E-state index in [-0.39, 0.29) is 11.9 Å². The smallest absolute Gasteiger partial charge is 0.131 e. The Morgan fingerprint density at radius 3 is 2.78 bits per heavy atom. The van der Waals surface area contributed by atoms with Crippen LogP contribution >= 0.6 is 22.9 Å². The molecule has 94 valence electrons. The van der Waals surface area contributed by atoms with E-state index in [0.29, 0.717) is 16.5 Å². The zero-order chi connectivity index (χ0) is 12.7. The van der Waals surface area contributed by atoms with Crippen molar-refractivity contribution in [2.45, 2.75) is 18.9 Å². The van der Waals surface area contributed by atoms with Crippen LogP contribution in [-0.2, 0) is 0 Å². The van der Waals surface area contributed by atoms with Gasteiger partial charge in [-0.3, -0.25) is 0 Å². The Morgan fingerprint density at radius 1 is 1.28 bits per heavy atom. The van der Waals surface area contributed by atoms with Gasteiger partial charge in [-0.1, -0.05) is 11.6 Å². The minimum Gasteiger partial charge on any atom is -0.323 e. The molecule has 1 aromatic heterocycles. The summed E-state index contributed by atoms with van der Waals surface area (Å²) in [6, 6.07) is 8.66. The summed E-state index contributed by atoms with van der Waals surface area (Å²) in [6.45, 7) is 0. The Bertz CT molecular complexity index is 577. The monoisotopic (exact) mass is 281 g/mol. The van der Waals surface area contributed by atoms with E-state index in [2.05, 4.69) is 0 Å². The van der Waals surface area contributed by atoms with Crippen molar-refractivity contribution in [2.24, 2.45) is 11.7 Å². The lowest BCUT2D eigenvalue weighted by atomic mass is 10.1. The largest absolute Gasteiger partial charge is 0.323 e. The first-order valence-corrected chi connectivity index (χ1v) is 7.15. The van der Waals surface area contributed by atoms with Gasteiger partial charge in [0.15, 0.2) is 0 Å². The van der Waals surface area contributed by atoms with Crippen LogP contribution < -0.4 is 5.73 Å². The highest BCUT2D eigenvalue weighted by atomic mass is 35.5. The van der Waals surface area contributed by atoms with Crippen LogP contribution in [0.4, 0.5) is 4.39 Å². The van der Waals surface area contributed by atoms with Crippen LogP contribution in [0.5, 0.6) is 0 Å². The van der Waals surface area contributed by atoms with Gasteiger partial charge in [0.05, 0.1) is 0 Å². The van der Waals surface area contributed by atoms with Crippen LogP contribution in [0.1, 0.15) is 23.8 Å². The Labute approximate surface area is 114 Å². The normalized spacial score (nSPS) is 16.8. The van der Waals surface area contributed by atoms with E-state index in [9.17, 15) is 4.39 Å². The van der Waals surface area contributed by atoms with Crippen molar-refractivity contribution >= 4 is 22.9 Å². The summed E-state index contributed by atoms with van der Waals surface area (Å²) < 4.78 is 13.8. The van der Waals surface area contributed by atoms with Crippen molar-refractivity contribution in [3.8, 4) is 10.4 Å². The second-order valence-corrected chi connectivity index (χ2v) is 6.24. The van der Waals surface area contributed by atoms with Gasteiger partial charge in [0, 0.05) is 26.4 Å². The summed E-state index contributed by atoms with van der Waals surface area (Å²) in [5, 5.41) is 0.549. The SMILES string of the molecule is NC(c1ccc(-c2cc(Cl)ccc2F)s1)C1CC1. The third-order valence-electron chi connectivity index (χ3n) is 3.28. The average Bonchev–Trinajstić information content (AvgIpc) is 3.09. The Hall–Kier alpha value is -0.900. The van der Waals surface area contributed by atoms with Gasteiger partial charge in [-0.05, 0) is 49.1 Å². The lowest BCUT2D eigenvalue weighted by Crippen LogP contribution is -2.10. The second-order valence-electron chi connectivity index (χ2n) is 4.69. The topological polar surface area (TPSA) is 26.0 Å². The van der Waals surface area contributed by atoms with Crippen LogP contribution in [0.3, 0.4) is 0 Å². The van der Waals surface area contributed by atoms with E-state index in [4.69, 9.17) is 17.3 Å². The fraction of sp³-hybridized carbons (Fsp3) is 0.286. The van der Waals surface area contributed by atoms with Gasteiger partial charge in [-0.2, -0.15) is 0 Å². The summed E-state index contributed by atoms with van der Waals surface area (Å²) in [7, 11) is 0. The van der Waals surface area contributed by atoms with E-state index < -0.39 is 0 Å². The molecule has 1 atom stereocenters. The first kappa shape index (κ1) is 12.2. The van der Waals surface area contributed by atoms with E-state index in [1.807, 2.05) is 12.1 Å². The molecular weight excluding hydrogens is 269 g/mol. The lowest BCUT2D eigenvalue weighted by molar-refractivity contribution is 0.631. The molecular formula is C14H13ClFNS. The van der Waals surface area contributed by atoms with Gasteiger partial charge >= 0.3 is 0 Å². The number of benzene rings is 1. The minimum atomic E-state index is -0.243. The molecule has 3 rings (SSSR count). The van der Waals surface area contributed by atoms with Gasteiger partial charge in [0.25, 0.3) is 0 Å². The molecule has 2 aromatic rings. The summed E-state index contributed by atoms with van der Waals surface area (Å²) in [6.07, 6.45) is 2.42. The zero-order valence-corrected chi connectivity index (χ0v) is 11.3. The molecule has 1 nitrogen and oxygen atoms in total. The molecule has 2 N–H and O–H groups in total. The number of nitrogens with two attached hydrogens (primary N) is 1. The second kappa shape index (κ2) is 4.65. The van der Waals surface area contributed by atoms with Gasteiger partial charge in [0.2, 0.25) is 0 Å². The highest BCUT2D eigenvalue weighted by Crippen LogP contribution is 2.43. The van der Waals surface area contributed by atoms with E-state index in [1.54, 1.807) is 23.5 Å². The van der Waals surface area contributed by atoms with Crippen molar-refractivity contribution in [1.29, 1.82) is 0 Å². The first-order valence-electron chi connectivity index (χ1n) is 5.96. The van der Waals surface area contributed by atoms with Crippen molar-refractivity contribution in [3.63, 3.8) is 0 Å². The molecule has 18 heavy (non-hydrogen) atoms. The Kier molecular flexibility index (Phi) is 3.14. The molecule has 1 aromatic carbocycles. The molecule has 0 radical (unpaired) electrons.